The van der Waals surface area contributed by atoms with Crippen molar-refractivity contribution in [3.63, 3.8) is 0 Å². The van der Waals surface area contributed by atoms with Crippen LogP contribution in [0.2, 0.25) is 0 Å². The summed E-state index contributed by atoms with van der Waals surface area (Å²) in [5, 5.41) is 2.84. The van der Waals surface area contributed by atoms with E-state index in [9.17, 15) is 9.18 Å². The predicted molar refractivity (Wildman–Crippen MR) is 82.5 cm³/mol. The molecule has 0 heterocycles. The summed E-state index contributed by atoms with van der Waals surface area (Å²) >= 11 is 0. The monoisotopic (exact) mass is 285 g/mol. The zero-order chi connectivity index (χ0) is 15.2. The van der Waals surface area contributed by atoms with E-state index in [0.717, 1.165) is 11.1 Å². The van der Waals surface area contributed by atoms with Crippen molar-refractivity contribution in [2.45, 2.75) is 32.7 Å². The predicted octanol–water partition coefficient (Wildman–Crippen LogP) is 3.94. The van der Waals surface area contributed by atoms with Crippen molar-refractivity contribution in [3.05, 3.63) is 71.0 Å². The lowest BCUT2D eigenvalue weighted by Crippen LogP contribution is -2.24. The lowest BCUT2D eigenvalue weighted by Gasteiger charge is -2.12. The number of carbonyl (C=O) groups excluding carboxylic acids is 1. The molecule has 0 bridgehead atoms. The van der Waals surface area contributed by atoms with E-state index in [1.165, 1.54) is 6.07 Å². The van der Waals surface area contributed by atoms with Crippen LogP contribution in [0.4, 0.5) is 4.39 Å². The molecule has 1 amide bonds. The number of aryl methyl sites for hydroxylation is 1. The Labute approximate surface area is 125 Å². The molecule has 0 aliphatic heterocycles. The number of nitrogens with one attached hydrogen (secondary N) is 1. The van der Waals surface area contributed by atoms with Crippen LogP contribution in [0.1, 0.15) is 36.0 Å². The fourth-order valence-corrected chi connectivity index (χ4v) is 2.20. The Kier molecular flexibility index (Phi) is 5.09. The van der Waals surface area contributed by atoms with Gasteiger partial charge in [0.15, 0.2) is 0 Å². The summed E-state index contributed by atoms with van der Waals surface area (Å²) in [6.07, 6.45) is 0.429. The minimum atomic E-state index is -0.237. The van der Waals surface area contributed by atoms with Gasteiger partial charge in [-0.2, -0.15) is 0 Å². The normalized spacial score (nSPS) is 12.0. The molecule has 21 heavy (non-hydrogen) atoms. The SMILES string of the molecule is Cc1ccc(CNC(=O)CC(C)c2ccccc2)cc1F. The van der Waals surface area contributed by atoms with E-state index in [-0.39, 0.29) is 17.6 Å². The van der Waals surface area contributed by atoms with Crippen LogP contribution in [0, 0.1) is 12.7 Å². The van der Waals surface area contributed by atoms with Crippen LogP contribution in [-0.4, -0.2) is 5.91 Å². The van der Waals surface area contributed by atoms with E-state index in [1.807, 2.05) is 43.3 Å². The fraction of sp³-hybridized carbons (Fsp3) is 0.278. The van der Waals surface area contributed by atoms with Gasteiger partial charge in [-0.15, -0.1) is 0 Å². The van der Waals surface area contributed by atoms with Crippen molar-refractivity contribution < 1.29 is 9.18 Å². The summed E-state index contributed by atoms with van der Waals surface area (Å²) in [7, 11) is 0. The first kappa shape index (κ1) is 15.2. The number of amides is 1. The molecule has 0 radical (unpaired) electrons. The van der Waals surface area contributed by atoms with Gasteiger partial charge in [-0.1, -0.05) is 49.4 Å². The second-order valence-electron chi connectivity index (χ2n) is 5.38. The summed E-state index contributed by atoms with van der Waals surface area (Å²) < 4.78 is 13.4. The molecule has 0 saturated carbocycles. The van der Waals surface area contributed by atoms with Crippen LogP contribution in [0.25, 0.3) is 0 Å². The maximum Gasteiger partial charge on any atom is 0.220 e. The lowest BCUT2D eigenvalue weighted by molar-refractivity contribution is -0.121. The van der Waals surface area contributed by atoms with Gasteiger partial charge in [-0.25, -0.2) is 4.39 Å². The third kappa shape index (κ3) is 4.42. The molecule has 0 aliphatic rings. The number of hydrogen-bond acceptors (Lipinski definition) is 1. The second-order valence-corrected chi connectivity index (χ2v) is 5.38. The molecule has 1 N–H and O–H groups in total. The number of rotatable bonds is 5. The van der Waals surface area contributed by atoms with Crippen LogP contribution in [0.15, 0.2) is 48.5 Å². The van der Waals surface area contributed by atoms with Crippen molar-refractivity contribution in [2.24, 2.45) is 0 Å². The Hall–Kier alpha value is -2.16. The highest BCUT2D eigenvalue weighted by Gasteiger charge is 2.10. The summed E-state index contributed by atoms with van der Waals surface area (Å²) in [6, 6.07) is 15.0. The molecule has 2 aromatic carbocycles. The average Bonchev–Trinajstić information content (AvgIpc) is 2.49. The molecule has 2 aromatic rings. The van der Waals surface area contributed by atoms with E-state index in [2.05, 4.69) is 5.32 Å². The average molecular weight is 285 g/mol. The Bertz CT molecular complexity index is 610. The minimum Gasteiger partial charge on any atom is -0.352 e. The zero-order valence-electron chi connectivity index (χ0n) is 12.4. The zero-order valence-corrected chi connectivity index (χ0v) is 12.4. The summed E-state index contributed by atoms with van der Waals surface area (Å²) in [5.41, 5.74) is 2.54. The van der Waals surface area contributed by atoms with Crippen LogP contribution in [0.5, 0.6) is 0 Å². The molecule has 0 aromatic heterocycles. The highest BCUT2D eigenvalue weighted by atomic mass is 19.1. The van der Waals surface area contributed by atoms with Crippen molar-refractivity contribution in [1.82, 2.24) is 5.32 Å². The number of benzene rings is 2. The minimum absolute atomic E-state index is 0.0210. The molecule has 2 nitrogen and oxygen atoms in total. The third-order valence-corrected chi connectivity index (χ3v) is 3.59. The number of halogens is 1. The molecule has 1 unspecified atom stereocenters. The Morgan fingerprint density at radius 3 is 2.57 bits per heavy atom. The first-order chi connectivity index (χ1) is 10.1. The Morgan fingerprint density at radius 2 is 1.90 bits per heavy atom. The largest absolute Gasteiger partial charge is 0.352 e. The van der Waals surface area contributed by atoms with E-state index in [0.29, 0.717) is 18.5 Å². The first-order valence-corrected chi connectivity index (χ1v) is 7.13. The topological polar surface area (TPSA) is 29.1 Å². The van der Waals surface area contributed by atoms with Gasteiger partial charge < -0.3 is 5.32 Å². The van der Waals surface area contributed by atoms with Gasteiger partial charge in [0.2, 0.25) is 5.91 Å². The van der Waals surface area contributed by atoms with Crippen molar-refractivity contribution in [3.8, 4) is 0 Å². The number of carbonyl (C=O) groups is 1. The molecule has 0 spiro atoms. The van der Waals surface area contributed by atoms with Gasteiger partial charge in [0.1, 0.15) is 5.82 Å². The molecule has 2 rings (SSSR count). The van der Waals surface area contributed by atoms with Crippen molar-refractivity contribution >= 4 is 5.91 Å². The molecule has 0 aliphatic carbocycles. The van der Waals surface area contributed by atoms with Gasteiger partial charge in [0, 0.05) is 13.0 Å². The Balaban J connectivity index is 1.86. The second kappa shape index (κ2) is 7.02. The molecular formula is C18H20FNO. The molecule has 3 heteroatoms. The van der Waals surface area contributed by atoms with Gasteiger partial charge in [0.25, 0.3) is 0 Å². The smallest absolute Gasteiger partial charge is 0.220 e. The van der Waals surface area contributed by atoms with E-state index >= 15 is 0 Å². The van der Waals surface area contributed by atoms with E-state index in [1.54, 1.807) is 13.0 Å². The van der Waals surface area contributed by atoms with Gasteiger partial charge in [-0.05, 0) is 35.6 Å². The van der Waals surface area contributed by atoms with Gasteiger partial charge in [-0.3, -0.25) is 4.79 Å². The molecule has 110 valence electrons. The third-order valence-electron chi connectivity index (χ3n) is 3.59. The molecule has 0 fully saturated rings. The molecule has 0 saturated heterocycles. The van der Waals surface area contributed by atoms with E-state index in [4.69, 9.17) is 0 Å². The maximum absolute atomic E-state index is 13.4. The Morgan fingerprint density at radius 1 is 1.19 bits per heavy atom. The van der Waals surface area contributed by atoms with Crippen LogP contribution in [-0.2, 0) is 11.3 Å². The molecular weight excluding hydrogens is 265 g/mol. The van der Waals surface area contributed by atoms with Gasteiger partial charge in [0.05, 0.1) is 0 Å². The highest BCUT2D eigenvalue weighted by molar-refractivity contribution is 5.76. The quantitative estimate of drug-likeness (QED) is 0.885. The summed E-state index contributed by atoms with van der Waals surface area (Å²) in [4.78, 5) is 11.9. The maximum atomic E-state index is 13.4. The van der Waals surface area contributed by atoms with Crippen LogP contribution in [0.3, 0.4) is 0 Å². The van der Waals surface area contributed by atoms with Gasteiger partial charge >= 0.3 is 0 Å². The lowest BCUT2D eigenvalue weighted by atomic mass is 9.97. The highest BCUT2D eigenvalue weighted by Crippen LogP contribution is 2.18. The first-order valence-electron chi connectivity index (χ1n) is 7.13. The van der Waals surface area contributed by atoms with Crippen LogP contribution >= 0.6 is 0 Å². The van der Waals surface area contributed by atoms with Crippen molar-refractivity contribution in [2.75, 3.05) is 0 Å². The fourth-order valence-electron chi connectivity index (χ4n) is 2.20. The standard InChI is InChI=1S/C18H20FNO/c1-13-8-9-15(11-17(13)19)12-20-18(21)10-14(2)16-6-4-3-5-7-16/h3-9,11,14H,10,12H2,1-2H3,(H,20,21). The molecule has 1 atom stereocenters. The summed E-state index contributed by atoms with van der Waals surface area (Å²) in [5.74, 6) is -0.0901. The van der Waals surface area contributed by atoms with Crippen LogP contribution < -0.4 is 5.32 Å². The summed E-state index contributed by atoms with van der Waals surface area (Å²) in [6.45, 7) is 4.11. The number of hydrogen-bond donors (Lipinski definition) is 1. The van der Waals surface area contributed by atoms with E-state index < -0.39 is 0 Å². The van der Waals surface area contributed by atoms with Crippen molar-refractivity contribution in [1.29, 1.82) is 0 Å².